The summed E-state index contributed by atoms with van der Waals surface area (Å²) in [5.74, 6) is -0.646. The van der Waals surface area contributed by atoms with Crippen molar-refractivity contribution in [3.63, 3.8) is 0 Å². The van der Waals surface area contributed by atoms with Gasteiger partial charge in [-0.2, -0.15) is 5.26 Å². The van der Waals surface area contributed by atoms with Gasteiger partial charge in [-0.3, -0.25) is 4.79 Å². The Labute approximate surface area is 152 Å². The van der Waals surface area contributed by atoms with Crippen molar-refractivity contribution in [2.24, 2.45) is 5.14 Å². The normalized spacial score (nSPS) is 11.9. The first-order chi connectivity index (χ1) is 12.3. The lowest BCUT2D eigenvalue weighted by molar-refractivity contribution is -0.131. The van der Waals surface area contributed by atoms with Crippen LogP contribution in [0.2, 0.25) is 0 Å². The first kappa shape index (κ1) is 21.6. The third-order valence-electron chi connectivity index (χ3n) is 3.04. The number of carbonyl (C=O) groups is 1. The number of hydrogen-bond acceptors (Lipinski definition) is 7. The fourth-order valence-corrected chi connectivity index (χ4v) is 2.39. The van der Waals surface area contributed by atoms with Crippen LogP contribution in [0.1, 0.15) is 13.8 Å². The number of hydrogen-bond donors (Lipinski definition) is 3. The average Bonchev–Trinajstić information content (AvgIpc) is 2.58. The number of benzene rings is 1. The second-order valence-corrected chi connectivity index (χ2v) is 6.50. The monoisotopic (exact) mass is 382 g/mol. The van der Waals surface area contributed by atoms with Gasteiger partial charge in [-0.25, -0.2) is 13.6 Å². The molecule has 0 aliphatic rings. The smallest absolute Gasteiger partial charge is 0.267 e. The Balaban J connectivity index is 2.69. The van der Waals surface area contributed by atoms with Crippen LogP contribution in [0.3, 0.4) is 0 Å². The molecule has 0 unspecified atom stereocenters. The second kappa shape index (κ2) is 10.5. The predicted molar refractivity (Wildman–Crippen MR) is 95.2 cm³/mol. The molecule has 0 atom stereocenters. The van der Waals surface area contributed by atoms with Gasteiger partial charge in [0, 0.05) is 25.1 Å². The average molecular weight is 382 g/mol. The molecule has 0 fully saturated rings. The van der Waals surface area contributed by atoms with Gasteiger partial charge in [0.15, 0.2) is 6.29 Å². The van der Waals surface area contributed by atoms with E-state index in [-0.39, 0.29) is 17.0 Å². The molecule has 1 aromatic rings. The lowest BCUT2D eigenvalue weighted by Gasteiger charge is -2.16. The highest BCUT2D eigenvalue weighted by Crippen LogP contribution is 2.13. The fourth-order valence-electron chi connectivity index (χ4n) is 1.87. The van der Waals surface area contributed by atoms with Gasteiger partial charge in [0.25, 0.3) is 5.91 Å². The molecule has 0 aliphatic heterocycles. The summed E-state index contributed by atoms with van der Waals surface area (Å²) < 4.78 is 33.1. The standard InChI is InChI=1S/C16H22N4O5S/c1-3-24-15(25-4-2)11-19-10-12(9-17)16(21)20-13-5-7-14(8-6-13)26(18,22)23/h5-8,10,15,19H,3-4,11H2,1-2H3,(H,20,21)(H2,18,22,23)/b12-10-. The molecule has 1 amide bonds. The van der Waals surface area contributed by atoms with Crippen LogP contribution in [0.15, 0.2) is 40.9 Å². The van der Waals surface area contributed by atoms with Crippen molar-refractivity contribution in [3.05, 3.63) is 36.0 Å². The Morgan fingerprint density at radius 3 is 2.31 bits per heavy atom. The minimum atomic E-state index is -3.81. The number of carbonyl (C=O) groups excluding carboxylic acids is 1. The maximum Gasteiger partial charge on any atom is 0.267 e. The van der Waals surface area contributed by atoms with Crippen molar-refractivity contribution in [1.82, 2.24) is 5.32 Å². The van der Waals surface area contributed by atoms with E-state index in [1.54, 1.807) is 6.07 Å². The quantitative estimate of drug-likeness (QED) is 0.306. The molecule has 0 aromatic heterocycles. The number of anilines is 1. The van der Waals surface area contributed by atoms with Crippen molar-refractivity contribution in [3.8, 4) is 6.07 Å². The molecule has 0 heterocycles. The summed E-state index contributed by atoms with van der Waals surface area (Å²) in [6.45, 7) is 4.86. The first-order valence-corrected chi connectivity index (χ1v) is 9.37. The molecule has 4 N–H and O–H groups in total. The Morgan fingerprint density at radius 1 is 1.27 bits per heavy atom. The zero-order valence-corrected chi connectivity index (χ0v) is 15.4. The van der Waals surface area contributed by atoms with Gasteiger partial charge < -0.3 is 20.1 Å². The summed E-state index contributed by atoms with van der Waals surface area (Å²) in [7, 11) is -3.81. The largest absolute Gasteiger partial charge is 0.385 e. The molecule has 10 heteroatoms. The van der Waals surface area contributed by atoms with E-state index in [2.05, 4.69) is 10.6 Å². The minimum Gasteiger partial charge on any atom is -0.385 e. The van der Waals surface area contributed by atoms with Crippen LogP contribution in [0.4, 0.5) is 5.69 Å². The topological polar surface area (TPSA) is 144 Å². The number of ether oxygens (including phenoxy) is 2. The van der Waals surface area contributed by atoms with Crippen molar-refractivity contribution < 1.29 is 22.7 Å². The van der Waals surface area contributed by atoms with Crippen LogP contribution >= 0.6 is 0 Å². The molecular weight excluding hydrogens is 360 g/mol. The van der Waals surface area contributed by atoms with Crippen LogP contribution in [0.5, 0.6) is 0 Å². The lowest BCUT2D eigenvalue weighted by atomic mass is 10.2. The van der Waals surface area contributed by atoms with Crippen LogP contribution in [-0.4, -0.2) is 40.4 Å². The molecule has 9 nitrogen and oxygen atoms in total. The SMILES string of the molecule is CCOC(CN/C=C(/C#N)C(=O)Nc1ccc(S(N)(=O)=O)cc1)OCC. The second-order valence-electron chi connectivity index (χ2n) is 4.94. The fraction of sp³-hybridized carbons (Fsp3) is 0.375. The van der Waals surface area contributed by atoms with E-state index >= 15 is 0 Å². The molecule has 0 bridgehead atoms. The highest BCUT2D eigenvalue weighted by molar-refractivity contribution is 7.89. The highest BCUT2D eigenvalue weighted by Gasteiger charge is 2.12. The van der Waals surface area contributed by atoms with E-state index in [1.165, 1.54) is 30.5 Å². The molecule has 0 aliphatic carbocycles. The number of nitrogens with zero attached hydrogens (tertiary/aromatic N) is 1. The van der Waals surface area contributed by atoms with E-state index in [9.17, 15) is 13.2 Å². The first-order valence-electron chi connectivity index (χ1n) is 7.82. The van der Waals surface area contributed by atoms with Gasteiger partial charge in [-0.1, -0.05) is 0 Å². The third-order valence-corrected chi connectivity index (χ3v) is 3.97. The molecule has 0 saturated heterocycles. The molecule has 0 saturated carbocycles. The predicted octanol–water partition coefficient (Wildman–Crippen LogP) is 0.669. The molecule has 26 heavy (non-hydrogen) atoms. The number of sulfonamides is 1. The van der Waals surface area contributed by atoms with E-state index in [4.69, 9.17) is 19.9 Å². The summed E-state index contributed by atoms with van der Waals surface area (Å²) in [5, 5.41) is 19.4. The molecule has 142 valence electrons. The molecule has 0 spiro atoms. The van der Waals surface area contributed by atoms with Crippen molar-refractivity contribution >= 4 is 21.6 Å². The zero-order chi connectivity index (χ0) is 19.6. The Kier molecular flexibility index (Phi) is 8.74. The van der Waals surface area contributed by atoms with Crippen LogP contribution in [0, 0.1) is 11.3 Å². The molecule has 1 rings (SSSR count). The van der Waals surface area contributed by atoms with E-state index in [1.807, 2.05) is 13.8 Å². The summed E-state index contributed by atoms with van der Waals surface area (Å²) in [4.78, 5) is 12.0. The Morgan fingerprint density at radius 2 is 1.85 bits per heavy atom. The molecule has 0 radical (unpaired) electrons. The van der Waals surface area contributed by atoms with E-state index in [0.717, 1.165) is 0 Å². The number of nitrogens with one attached hydrogen (secondary N) is 2. The van der Waals surface area contributed by atoms with Crippen LogP contribution < -0.4 is 15.8 Å². The number of amides is 1. The Hall–Kier alpha value is -2.45. The molecular formula is C16H22N4O5S. The maximum absolute atomic E-state index is 12.1. The summed E-state index contributed by atoms with van der Waals surface area (Å²) in [5.41, 5.74) is 0.164. The van der Waals surface area contributed by atoms with Crippen LogP contribution in [-0.2, 0) is 24.3 Å². The van der Waals surface area contributed by atoms with Gasteiger partial charge >= 0.3 is 0 Å². The molecule has 1 aromatic carbocycles. The highest BCUT2D eigenvalue weighted by atomic mass is 32.2. The third kappa shape index (κ3) is 7.20. The number of rotatable bonds is 10. The van der Waals surface area contributed by atoms with Gasteiger partial charge in [0.05, 0.1) is 11.4 Å². The van der Waals surface area contributed by atoms with E-state index < -0.39 is 22.2 Å². The van der Waals surface area contributed by atoms with Crippen LogP contribution in [0.25, 0.3) is 0 Å². The number of nitrogens with two attached hydrogens (primary N) is 1. The zero-order valence-electron chi connectivity index (χ0n) is 14.6. The van der Waals surface area contributed by atoms with E-state index in [0.29, 0.717) is 18.9 Å². The lowest BCUT2D eigenvalue weighted by Crippen LogP contribution is -2.29. The van der Waals surface area contributed by atoms with Crippen molar-refractivity contribution in [2.45, 2.75) is 25.0 Å². The van der Waals surface area contributed by atoms with Gasteiger partial charge in [0.1, 0.15) is 11.6 Å². The Bertz CT molecular complexity index is 763. The number of primary sulfonamides is 1. The maximum atomic E-state index is 12.1. The minimum absolute atomic E-state index is 0.0777. The number of nitriles is 1. The summed E-state index contributed by atoms with van der Waals surface area (Å²) in [6, 6.07) is 7.05. The van der Waals surface area contributed by atoms with Gasteiger partial charge in [-0.05, 0) is 38.1 Å². The summed E-state index contributed by atoms with van der Waals surface area (Å²) >= 11 is 0. The van der Waals surface area contributed by atoms with Gasteiger partial charge in [-0.15, -0.1) is 0 Å². The van der Waals surface area contributed by atoms with Crippen molar-refractivity contribution in [2.75, 3.05) is 25.1 Å². The van der Waals surface area contributed by atoms with Gasteiger partial charge in [0.2, 0.25) is 10.0 Å². The summed E-state index contributed by atoms with van der Waals surface area (Å²) in [6.07, 6.45) is 0.772. The van der Waals surface area contributed by atoms with Crippen molar-refractivity contribution in [1.29, 1.82) is 5.26 Å².